The second-order valence-corrected chi connectivity index (χ2v) is 6.05. The SMILES string of the molecule is COC(=O)C(C)(CCCCOCC(C)C)NC(C)C. The highest BCUT2D eigenvalue weighted by Gasteiger charge is 2.33. The van der Waals surface area contributed by atoms with E-state index in [0.29, 0.717) is 5.92 Å². The molecule has 1 atom stereocenters. The first-order valence-electron chi connectivity index (χ1n) is 7.25. The largest absolute Gasteiger partial charge is 0.468 e. The lowest BCUT2D eigenvalue weighted by atomic mass is 9.94. The lowest BCUT2D eigenvalue weighted by Crippen LogP contribution is -2.52. The van der Waals surface area contributed by atoms with Gasteiger partial charge in [-0.05, 0) is 46.0 Å². The number of esters is 1. The van der Waals surface area contributed by atoms with E-state index in [2.05, 4.69) is 19.2 Å². The molecule has 0 rings (SSSR count). The third-order valence-electron chi connectivity index (χ3n) is 2.91. The summed E-state index contributed by atoms with van der Waals surface area (Å²) in [6.07, 6.45) is 2.69. The molecule has 0 bridgehead atoms. The second-order valence-electron chi connectivity index (χ2n) is 6.05. The van der Waals surface area contributed by atoms with Crippen molar-refractivity contribution in [3.05, 3.63) is 0 Å². The molecular formula is C15H31NO3. The third-order valence-corrected chi connectivity index (χ3v) is 2.91. The second kappa shape index (κ2) is 9.32. The Kier molecular flexibility index (Phi) is 9.02. The van der Waals surface area contributed by atoms with Crippen LogP contribution in [0.2, 0.25) is 0 Å². The summed E-state index contributed by atoms with van der Waals surface area (Å²) in [7, 11) is 1.44. The Bertz CT molecular complexity index is 254. The minimum Gasteiger partial charge on any atom is -0.468 e. The molecule has 0 saturated carbocycles. The zero-order valence-electron chi connectivity index (χ0n) is 13.4. The van der Waals surface area contributed by atoms with Crippen LogP contribution in [-0.2, 0) is 14.3 Å². The minimum atomic E-state index is -0.596. The van der Waals surface area contributed by atoms with Gasteiger partial charge in [0.2, 0.25) is 0 Å². The predicted octanol–water partition coefficient (Wildman–Crippen LogP) is 2.76. The van der Waals surface area contributed by atoms with Crippen LogP contribution >= 0.6 is 0 Å². The Morgan fingerprint density at radius 3 is 2.32 bits per heavy atom. The average molecular weight is 273 g/mol. The molecule has 0 aliphatic heterocycles. The summed E-state index contributed by atoms with van der Waals surface area (Å²) < 4.78 is 10.4. The maximum absolute atomic E-state index is 11.9. The van der Waals surface area contributed by atoms with E-state index in [9.17, 15) is 4.79 Å². The van der Waals surface area contributed by atoms with Crippen molar-refractivity contribution in [2.75, 3.05) is 20.3 Å². The molecule has 0 amide bonds. The minimum absolute atomic E-state index is 0.190. The molecule has 0 aromatic rings. The van der Waals surface area contributed by atoms with Gasteiger partial charge < -0.3 is 9.47 Å². The van der Waals surface area contributed by atoms with Gasteiger partial charge in [0, 0.05) is 19.3 Å². The van der Waals surface area contributed by atoms with E-state index in [1.54, 1.807) is 0 Å². The van der Waals surface area contributed by atoms with E-state index >= 15 is 0 Å². The van der Waals surface area contributed by atoms with Crippen LogP contribution in [0.4, 0.5) is 0 Å². The van der Waals surface area contributed by atoms with Crippen LogP contribution in [0.5, 0.6) is 0 Å². The van der Waals surface area contributed by atoms with Crippen molar-refractivity contribution >= 4 is 5.97 Å². The van der Waals surface area contributed by atoms with Gasteiger partial charge in [-0.1, -0.05) is 13.8 Å². The highest BCUT2D eigenvalue weighted by molar-refractivity contribution is 5.80. The molecule has 0 saturated heterocycles. The fourth-order valence-corrected chi connectivity index (χ4v) is 2.10. The van der Waals surface area contributed by atoms with Crippen molar-refractivity contribution in [2.24, 2.45) is 5.92 Å². The topological polar surface area (TPSA) is 47.6 Å². The summed E-state index contributed by atoms with van der Waals surface area (Å²) in [4.78, 5) is 11.9. The molecule has 0 aromatic carbocycles. The Hall–Kier alpha value is -0.610. The number of carbonyl (C=O) groups is 1. The number of hydrogen-bond acceptors (Lipinski definition) is 4. The normalized spacial score (nSPS) is 14.7. The van der Waals surface area contributed by atoms with Gasteiger partial charge in [-0.3, -0.25) is 10.1 Å². The molecule has 4 nitrogen and oxygen atoms in total. The zero-order valence-corrected chi connectivity index (χ0v) is 13.4. The van der Waals surface area contributed by atoms with Crippen LogP contribution in [-0.4, -0.2) is 37.9 Å². The van der Waals surface area contributed by atoms with Crippen LogP contribution in [0.15, 0.2) is 0 Å². The Balaban J connectivity index is 4.03. The van der Waals surface area contributed by atoms with Crippen molar-refractivity contribution in [1.29, 1.82) is 0 Å². The zero-order chi connectivity index (χ0) is 14.9. The molecule has 4 heteroatoms. The van der Waals surface area contributed by atoms with E-state index in [1.165, 1.54) is 7.11 Å². The summed E-state index contributed by atoms with van der Waals surface area (Å²) in [5, 5.41) is 3.30. The van der Waals surface area contributed by atoms with Crippen molar-refractivity contribution in [3.8, 4) is 0 Å². The lowest BCUT2D eigenvalue weighted by molar-refractivity contribution is -0.148. The monoisotopic (exact) mass is 273 g/mol. The Labute approximate surface area is 118 Å². The van der Waals surface area contributed by atoms with E-state index in [4.69, 9.17) is 9.47 Å². The number of carbonyl (C=O) groups excluding carboxylic acids is 1. The van der Waals surface area contributed by atoms with Gasteiger partial charge in [0.25, 0.3) is 0 Å². The van der Waals surface area contributed by atoms with Crippen molar-refractivity contribution < 1.29 is 14.3 Å². The lowest BCUT2D eigenvalue weighted by Gasteiger charge is -2.30. The molecule has 0 spiro atoms. The molecule has 114 valence electrons. The number of hydrogen-bond donors (Lipinski definition) is 1. The van der Waals surface area contributed by atoms with E-state index < -0.39 is 5.54 Å². The average Bonchev–Trinajstić information content (AvgIpc) is 2.31. The summed E-state index contributed by atoms with van der Waals surface area (Å²) in [5.74, 6) is 0.382. The Morgan fingerprint density at radius 2 is 1.84 bits per heavy atom. The maximum atomic E-state index is 11.9. The molecular weight excluding hydrogens is 242 g/mol. The quantitative estimate of drug-likeness (QED) is 0.491. The standard InChI is InChI=1S/C15H31NO3/c1-12(2)11-19-10-8-7-9-15(5,14(17)18-6)16-13(3)4/h12-13,16H,7-11H2,1-6H3. The van der Waals surface area contributed by atoms with E-state index in [0.717, 1.165) is 32.5 Å². The smallest absolute Gasteiger partial charge is 0.325 e. The molecule has 0 radical (unpaired) electrons. The number of ether oxygens (including phenoxy) is 2. The van der Waals surface area contributed by atoms with Crippen LogP contribution in [0.3, 0.4) is 0 Å². The molecule has 0 aliphatic rings. The summed E-state index contributed by atoms with van der Waals surface area (Å²) >= 11 is 0. The maximum Gasteiger partial charge on any atom is 0.325 e. The van der Waals surface area contributed by atoms with Crippen molar-refractivity contribution in [2.45, 2.75) is 65.5 Å². The Morgan fingerprint density at radius 1 is 1.21 bits per heavy atom. The van der Waals surface area contributed by atoms with Gasteiger partial charge in [-0.2, -0.15) is 0 Å². The van der Waals surface area contributed by atoms with Crippen LogP contribution in [0.1, 0.15) is 53.9 Å². The molecule has 0 aliphatic carbocycles. The van der Waals surface area contributed by atoms with Crippen LogP contribution in [0, 0.1) is 5.92 Å². The number of rotatable bonds is 10. The van der Waals surface area contributed by atoms with Gasteiger partial charge in [-0.25, -0.2) is 0 Å². The molecule has 1 unspecified atom stereocenters. The fraction of sp³-hybridized carbons (Fsp3) is 0.933. The van der Waals surface area contributed by atoms with Gasteiger partial charge >= 0.3 is 5.97 Å². The molecule has 0 fully saturated rings. The van der Waals surface area contributed by atoms with E-state index in [-0.39, 0.29) is 12.0 Å². The first-order chi connectivity index (χ1) is 8.81. The van der Waals surface area contributed by atoms with E-state index in [1.807, 2.05) is 20.8 Å². The number of nitrogens with one attached hydrogen (secondary N) is 1. The molecule has 1 N–H and O–H groups in total. The summed E-state index contributed by atoms with van der Waals surface area (Å²) in [5.41, 5.74) is -0.596. The van der Waals surface area contributed by atoms with Crippen molar-refractivity contribution in [1.82, 2.24) is 5.32 Å². The van der Waals surface area contributed by atoms with Gasteiger partial charge in [0.15, 0.2) is 0 Å². The van der Waals surface area contributed by atoms with Crippen molar-refractivity contribution in [3.63, 3.8) is 0 Å². The van der Waals surface area contributed by atoms with Gasteiger partial charge in [0.1, 0.15) is 5.54 Å². The fourth-order valence-electron chi connectivity index (χ4n) is 2.10. The molecule has 19 heavy (non-hydrogen) atoms. The number of methoxy groups -OCH3 is 1. The first-order valence-corrected chi connectivity index (χ1v) is 7.25. The molecule has 0 aromatic heterocycles. The highest BCUT2D eigenvalue weighted by Crippen LogP contribution is 2.17. The number of unbranched alkanes of at least 4 members (excludes halogenated alkanes) is 1. The first kappa shape index (κ1) is 18.4. The third kappa shape index (κ3) is 8.22. The summed E-state index contributed by atoms with van der Waals surface area (Å²) in [6, 6.07) is 0.251. The molecule has 0 heterocycles. The van der Waals surface area contributed by atoms with Crippen LogP contribution in [0.25, 0.3) is 0 Å². The van der Waals surface area contributed by atoms with Crippen LogP contribution < -0.4 is 5.32 Å². The van der Waals surface area contributed by atoms with Gasteiger partial charge in [-0.15, -0.1) is 0 Å². The highest BCUT2D eigenvalue weighted by atomic mass is 16.5. The summed E-state index contributed by atoms with van der Waals surface area (Å²) in [6.45, 7) is 11.8. The van der Waals surface area contributed by atoms with Gasteiger partial charge in [0.05, 0.1) is 7.11 Å². The predicted molar refractivity (Wildman–Crippen MR) is 78.2 cm³/mol.